The monoisotopic (exact) mass is 452 g/mol. The molecule has 0 bridgehead atoms. The van der Waals surface area contributed by atoms with E-state index in [0.717, 1.165) is 59.8 Å². The van der Waals surface area contributed by atoms with Gasteiger partial charge < -0.3 is 9.47 Å². The maximum absolute atomic E-state index is 14.2. The molecule has 1 unspecified atom stereocenters. The molecule has 1 saturated carbocycles. The number of fused-ring (bicyclic) bond motifs is 2. The van der Waals surface area contributed by atoms with Crippen molar-refractivity contribution in [3.63, 3.8) is 0 Å². The minimum absolute atomic E-state index is 0.159. The summed E-state index contributed by atoms with van der Waals surface area (Å²) in [6, 6.07) is 8.77. The van der Waals surface area contributed by atoms with E-state index in [2.05, 4.69) is 45.7 Å². The van der Waals surface area contributed by atoms with Gasteiger partial charge in [0.1, 0.15) is 0 Å². The summed E-state index contributed by atoms with van der Waals surface area (Å²) < 4.78 is 4.10. The molecular weight excluding hydrogens is 420 g/mol. The number of carbonyl (C=O) groups is 1. The van der Waals surface area contributed by atoms with E-state index in [1.165, 1.54) is 11.3 Å². The molecular formula is C29H32N4O. The maximum atomic E-state index is 14.2. The predicted molar refractivity (Wildman–Crippen MR) is 137 cm³/mol. The zero-order valence-electron chi connectivity index (χ0n) is 20.3. The molecule has 1 fully saturated rings. The third-order valence-electron chi connectivity index (χ3n) is 7.18. The summed E-state index contributed by atoms with van der Waals surface area (Å²) in [6.45, 7) is 4.61. The SMILES string of the molecule is C#C/C(=C\C=C/C)Cn1c(C)c(C(=O)N(C2CC2)C2CCc3nn(C)cc3C2)c2ccccc21. The molecule has 2 heterocycles. The lowest BCUT2D eigenvalue weighted by molar-refractivity contribution is 0.0644. The lowest BCUT2D eigenvalue weighted by atomic mass is 9.91. The van der Waals surface area contributed by atoms with Gasteiger partial charge >= 0.3 is 0 Å². The first-order valence-corrected chi connectivity index (χ1v) is 12.2. The van der Waals surface area contributed by atoms with Crippen molar-refractivity contribution in [1.29, 1.82) is 0 Å². The Bertz CT molecular complexity index is 1340. The van der Waals surface area contributed by atoms with Crippen LogP contribution in [-0.4, -0.2) is 37.2 Å². The first-order chi connectivity index (χ1) is 16.5. The molecule has 5 rings (SSSR count). The van der Waals surface area contributed by atoms with Crippen LogP contribution in [-0.2, 0) is 26.4 Å². The van der Waals surface area contributed by atoms with Crippen LogP contribution in [0.5, 0.6) is 0 Å². The molecule has 2 aromatic heterocycles. The minimum atomic E-state index is 0.159. The van der Waals surface area contributed by atoms with Gasteiger partial charge in [0, 0.05) is 47.5 Å². The molecule has 0 N–H and O–H groups in total. The second-order valence-electron chi connectivity index (χ2n) is 9.54. The summed E-state index contributed by atoms with van der Waals surface area (Å²) in [7, 11) is 1.98. The number of aromatic nitrogens is 3. The van der Waals surface area contributed by atoms with Crippen LogP contribution in [0.1, 0.15) is 53.5 Å². The molecule has 1 amide bonds. The Labute approximate surface area is 201 Å². The summed E-state index contributed by atoms with van der Waals surface area (Å²) in [5, 5.41) is 5.62. The second kappa shape index (κ2) is 9.02. The molecule has 1 atom stereocenters. The molecule has 5 nitrogen and oxygen atoms in total. The molecule has 0 aliphatic heterocycles. The fraction of sp³-hybridized carbons (Fsp3) is 0.379. The lowest BCUT2D eigenvalue weighted by Crippen LogP contribution is -2.45. The lowest BCUT2D eigenvalue weighted by Gasteiger charge is -2.34. The number of rotatable bonds is 6. The van der Waals surface area contributed by atoms with Gasteiger partial charge in [0.05, 0.1) is 17.8 Å². The number of allylic oxidation sites excluding steroid dienone is 4. The quantitative estimate of drug-likeness (QED) is 0.391. The molecule has 0 spiro atoms. The van der Waals surface area contributed by atoms with Crippen molar-refractivity contribution in [3.8, 4) is 12.3 Å². The number of aryl methyl sites for hydroxylation is 2. The van der Waals surface area contributed by atoms with E-state index in [-0.39, 0.29) is 11.9 Å². The average molecular weight is 453 g/mol. The topological polar surface area (TPSA) is 43.1 Å². The number of hydrogen-bond acceptors (Lipinski definition) is 2. The number of para-hydroxylation sites is 1. The van der Waals surface area contributed by atoms with Crippen molar-refractivity contribution in [2.45, 2.75) is 64.6 Å². The van der Waals surface area contributed by atoms with E-state index >= 15 is 0 Å². The van der Waals surface area contributed by atoms with Crippen LogP contribution in [0.2, 0.25) is 0 Å². The summed E-state index contributed by atoms with van der Waals surface area (Å²) in [6.07, 6.45) is 18.8. The zero-order chi connectivity index (χ0) is 23.8. The first kappa shape index (κ1) is 22.3. The third kappa shape index (κ3) is 3.98. The maximum Gasteiger partial charge on any atom is 0.256 e. The Morgan fingerprint density at radius 2 is 2.06 bits per heavy atom. The van der Waals surface area contributed by atoms with Gasteiger partial charge in [-0.15, -0.1) is 6.42 Å². The molecule has 2 aliphatic carbocycles. The number of nitrogens with zero attached hydrogens (tertiary/aromatic N) is 4. The van der Waals surface area contributed by atoms with E-state index in [9.17, 15) is 4.79 Å². The van der Waals surface area contributed by atoms with Crippen LogP contribution in [0.15, 0.2) is 54.3 Å². The van der Waals surface area contributed by atoms with Crippen molar-refractivity contribution in [2.24, 2.45) is 7.05 Å². The second-order valence-corrected chi connectivity index (χ2v) is 9.54. The van der Waals surface area contributed by atoms with Gasteiger partial charge in [0.15, 0.2) is 0 Å². The highest BCUT2D eigenvalue weighted by atomic mass is 16.2. The smallest absolute Gasteiger partial charge is 0.256 e. The third-order valence-corrected chi connectivity index (χ3v) is 7.18. The molecule has 174 valence electrons. The van der Waals surface area contributed by atoms with E-state index in [4.69, 9.17) is 6.42 Å². The van der Waals surface area contributed by atoms with E-state index in [0.29, 0.717) is 12.6 Å². The van der Waals surface area contributed by atoms with E-state index in [1.54, 1.807) is 0 Å². The highest BCUT2D eigenvalue weighted by Gasteiger charge is 2.40. The highest BCUT2D eigenvalue weighted by Crippen LogP contribution is 2.37. The molecule has 2 aliphatic rings. The Morgan fingerprint density at radius 1 is 1.26 bits per heavy atom. The van der Waals surface area contributed by atoms with E-state index < -0.39 is 0 Å². The number of carbonyl (C=O) groups excluding carboxylic acids is 1. The number of terminal acetylenes is 1. The zero-order valence-corrected chi connectivity index (χ0v) is 20.3. The Hall–Kier alpha value is -3.52. The van der Waals surface area contributed by atoms with Crippen molar-refractivity contribution in [2.75, 3.05) is 0 Å². The van der Waals surface area contributed by atoms with Crippen LogP contribution in [0.25, 0.3) is 10.9 Å². The van der Waals surface area contributed by atoms with Gasteiger partial charge in [0.2, 0.25) is 0 Å². The van der Waals surface area contributed by atoms with Gasteiger partial charge in [0.25, 0.3) is 5.91 Å². The summed E-state index contributed by atoms with van der Waals surface area (Å²) in [4.78, 5) is 16.4. The minimum Gasteiger partial charge on any atom is -0.339 e. The molecule has 34 heavy (non-hydrogen) atoms. The molecule has 0 radical (unpaired) electrons. The van der Waals surface area contributed by atoms with Crippen LogP contribution in [0.4, 0.5) is 0 Å². The van der Waals surface area contributed by atoms with Crippen molar-refractivity contribution >= 4 is 16.8 Å². The van der Waals surface area contributed by atoms with Crippen molar-refractivity contribution in [3.05, 3.63) is 76.8 Å². The fourth-order valence-corrected chi connectivity index (χ4v) is 5.41. The Balaban J connectivity index is 1.54. The normalized spacial score (nSPS) is 18.3. The van der Waals surface area contributed by atoms with Gasteiger partial charge in [-0.25, -0.2) is 0 Å². The Morgan fingerprint density at radius 3 is 2.79 bits per heavy atom. The first-order valence-electron chi connectivity index (χ1n) is 12.2. The number of amides is 1. The largest absolute Gasteiger partial charge is 0.339 e. The predicted octanol–water partition coefficient (Wildman–Crippen LogP) is 4.98. The summed E-state index contributed by atoms with van der Waals surface area (Å²) >= 11 is 0. The van der Waals surface area contributed by atoms with Crippen LogP contribution in [0.3, 0.4) is 0 Å². The Kier molecular flexibility index (Phi) is 5.91. The molecule has 0 saturated heterocycles. The summed E-state index contributed by atoms with van der Waals surface area (Å²) in [5.74, 6) is 2.97. The average Bonchev–Trinajstić information content (AvgIpc) is 3.53. The van der Waals surface area contributed by atoms with Crippen LogP contribution >= 0.6 is 0 Å². The highest BCUT2D eigenvalue weighted by molar-refractivity contribution is 6.08. The van der Waals surface area contributed by atoms with Gasteiger partial charge in [-0.1, -0.05) is 36.3 Å². The van der Waals surface area contributed by atoms with Gasteiger partial charge in [-0.2, -0.15) is 5.10 Å². The molecule has 1 aromatic carbocycles. The van der Waals surface area contributed by atoms with E-state index in [1.807, 2.05) is 49.0 Å². The summed E-state index contributed by atoms with van der Waals surface area (Å²) in [5.41, 5.74) is 6.21. The molecule has 3 aromatic rings. The fourth-order valence-electron chi connectivity index (χ4n) is 5.41. The van der Waals surface area contributed by atoms with Crippen molar-refractivity contribution in [1.82, 2.24) is 19.2 Å². The molecule has 5 heteroatoms. The van der Waals surface area contributed by atoms with Gasteiger partial charge in [-0.05, 0) is 63.7 Å². The standard InChI is InChI=1S/C29H32N4O/c1-5-7-10-21(6-2)18-32-20(3)28(25-11-8-9-12-27(25)32)29(34)33(23-13-14-23)24-15-16-26-22(17-24)19-31(4)30-26/h2,5,7-12,19,23-24H,13-18H2,1,3-4H3/b7-5-,21-10+. The van der Waals surface area contributed by atoms with Crippen LogP contribution in [0, 0.1) is 19.3 Å². The number of hydrogen-bond donors (Lipinski definition) is 0. The number of benzene rings is 1. The van der Waals surface area contributed by atoms with Gasteiger partial charge in [-0.3, -0.25) is 9.48 Å². The van der Waals surface area contributed by atoms with Crippen molar-refractivity contribution < 1.29 is 4.79 Å². The van der Waals surface area contributed by atoms with Crippen LogP contribution < -0.4 is 0 Å².